The average molecular weight is 407 g/mol. The van der Waals surface area contributed by atoms with Crippen LogP contribution in [0.1, 0.15) is 52.7 Å². The Hall–Kier alpha value is -1.14. The number of hydrogen-bond acceptors (Lipinski definition) is 5. The molecule has 29 heavy (non-hydrogen) atoms. The minimum Gasteiger partial charge on any atom is -0.491 e. The number of ether oxygens (including phenoxy) is 2. The van der Waals surface area contributed by atoms with E-state index in [0.717, 1.165) is 31.9 Å². The van der Waals surface area contributed by atoms with Crippen LogP contribution in [0.25, 0.3) is 0 Å². The Morgan fingerprint density at radius 2 is 1.62 bits per heavy atom. The molecule has 0 amide bonds. The first-order valence-corrected chi connectivity index (χ1v) is 10.9. The molecule has 2 rings (SSSR count). The molecule has 5 nitrogen and oxygen atoms in total. The SMILES string of the molecule is CN1CCN(C[C@@H](O)COCCOc2ccc(C(C)(C)C)cc2C(C)(C)C)CC1. The maximum absolute atomic E-state index is 10.2. The van der Waals surface area contributed by atoms with E-state index in [4.69, 9.17) is 9.47 Å². The van der Waals surface area contributed by atoms with E-state index in [-0.39, 0.29) is 10.8 Å². The highest BCUT2D eigenvalue weighted by molar-refractivity contribution is 5.43. The van der Waals surface area contributed by atoms with Gasteiger partial charge in [0.05, 0.1) is 19.3 Å². The Labute approximate surface area is 178 Å². The van der Waals surface area contributed by atoms with Gasteiger partial charge in [0.15, 0.2) is 0 Å². The van der Waals surface area contributed by atoms with E-state index < -0.39 is 6.10 Å². The topological polar surface area (TPSA) is 45.2 Å². The van der Waals surface area contributed by atoms with Crippen molar-refractivity contribution in [1.29, 1.82) is 0 Å². The molecule has 1 aromatic rings. The van der Waals surface area contributed by atoms with E-state index in [9.17, 15) is 5.11 Å². The van der Waals surface area contributed by atoms with Crippen LogP contribution in [-0.2, 0) is 15.6 Å². The first-order valence-electron chi connectivity index (χ1n) is 10.9. The minimum atomic E-state index is -0.449. The van der Waals surface area contributed by atoms with Gasteiger partial charge in [-0.05, 0) is 35.1 Å². The highest BCUT2D eigenvalue weighted by atomic mass is 16.5. The van der Waals surface area contributed by atoms with Gasteiger partial charge in [-0.3, -0.25) is 4.90 Å². The highest BCUT2D eigenvalue weighted by Crippen LogP contribution is 2.35. The van der Waals surface area contributed by atoms with Crippen LogP contribution in [0.15, 0.2) is 18.2 Å². The lowest BCUT2D eigenvalue weighted by Gasteiger charge is -2.33. The summed E-state index contributed by atoms with van der Waals surface area (Å²) in [7, 11) is 2.14. The zero-order valence-corrected chi connectivity index (χ0v) is 19.6. The largest absolute Gasteiger partial charge is 0.491 e. The van der Waals surface area contributed by atoms with E-state index >= 15 is 0 Å². The molecule has 1 heterocycles. The number of aliphatic hydroxyl groups is 1. The van der Waals surface area contributed by atoms with E-state index in [1.807, 2.05) is 0 Å². The lowest BCUT2D eigenvalue weighted by molar-refractivity contribution is 0.00138. The summed E-state index contributed by atoms with van der Waals surface area (Å²) in [6.07, 6.45) is -0.449. The minimum absolute atomic E-state index is 0.0101. The van der Waals surface area contributed by atoms with Gasteiger partial charge < -0.3 is 19.5 Å². The van der Waals surface area contributed by atoms with Gasteiger partial charge in [-0.15, -0.1) is 0 Å². The van der Waals surface area contributed by atoms with Crippen LogP contribution < -0.4 is 4.74 Å². The van der Waals surface area contributed by atoms with Crippen molar-refractivity contribution in [3.8, 4) is 5.75 Å². The summed E-state index contributed by atoms with van der Waals surface area (Å²) in [4.78, 5) is 4.62. The molecule has 0 unspecified atom stereocenters. The third-order valence-corrected chi connectivity index (χ3v) is 5.51. The Morgan fingerprint density at radius 1 is 0.966 bits per heavy atom. The quantitative estimate of drug-likeness (QED) is 0.671. The number of benzene rings is 1. The molecule has 1 N–H and O–H groups in total. The fourth-order valence-electron chi connectivity index (χ4n) is 3.52. The van der Waals surface area contributed by atoms with Gasteiger partial charge in [-0.2, -0.15) is 0 Å². The molecule has 1 atom stereocenters. The normalized spacial score (nSPS) is 18.1. The second kappa shape index (κ2) is 10.3. The van der Waals surface area contributed by atoms with Crippen LogP contribution in [-0.4, -0.2) is 80.6 Å². The zero-order chi connectivity index (χ0) is 21.7. The van der Waals surface area contributed by atoms with Crippen LogP contribution in [0.3, 0.4) is 0 Å². The van der Waals surface area contributed by atoms with Crippen LogP contribution in [0.5, 0.6) is 5.75 Å². The fraction of sp³-hybridized carbons (Fsp3) is 0.750. The van der Waals surface area contributed by atoms with Crippen LogP contribution in [0.4, 0.5) is 0 Å². The van der Waals surface area contributed by atoms with Gasteiger partial charge in [-0.25, -0.2) is 0 Å². The maximum Gasteiger partial charge on any atom is 0.123 e. The first kappa shape index (κ1) is 24.1. The van der Waals surface area contributed by atoms with Gasteiger partial charge >= 0.3 is 0 Å². The van der Waals surface area contributed by atoms with Gasteiger partial charge in [0, 0.05) is 32.7 Å². The number of piperazine rings is 1. The predicted molar refractivity (Wildman–Crippen MR) is 120 cm³/mol. The van der Waals surface area contributed by atoms with Crippen molar-refractivity contribution in [2.45, 2.75) is 58.5 Å². The summed E-state index contributed by atoms with van der Waals surface area (Å²) in [6.45, 7) is 19.5. The van der Waals surface area contributed by atoms with Crippen molar-refractivity contribution in [2.75, 3.05) is 59.6 Å². The molecule has 0 aliphatic carbocycles. The number of nitrogens with zero attached hydrogens (tertiary/aromatic N) is 2. The van der Waals surface area contributed by atoms with Gasteiger partial charge in [0.1, 0.15) is 12.4 Å². The number of β-amino-alcohol motifs (C(OH)–C–C–N with tert-alkyl or cyclic N) is 1. The molecular formula is C24H42N2O3. The molecule has 1 aromatic carbocycles. The lowest BCUT2D eigenvalue weighted by Crippen LogP contribution is -2.47. The molecule has 0 spiro atoms. The van der Waals surface area contributed by atoms with Crippen LogP contribution in [0, 0.1) is 0 Å². The van der Waals surface area contributed by atoms with Gasteiger partial charge in [0.2, 0.25) is 0 Å². The number of hydrogen-bond donors (Lipinski definition) is 1. The highest BCUT2D eigenvalue weighted by Gasteiger charge is 2.23. The van der Waals surface area contributed by atoms with E-state index in [1.165, 1.54) is 11.1 Å². The predicted octanol–water partition coefficient (Wildman–Crippen LogP) is 3.29. The number of rotatable bonds is 8. The molecular weight excluding hydrogens is 364 g/mol. The van der Waals surface area contributed by atoms with Crippen molar-refractivity contribution in [3.63, 3.8) is 0 Å². The molecule has 0 saturated carbocycles. The summed E-state index contributed by atoms with van der Waals surface area (Å²) in [5.74, 6) is 0.923. The molecule has 0 aromatic heterocycles. The van der Waals surface area contributed by atoms with E-state index in [0.29, 0.717) is 26.4 Å². The molecule has 1 aliphatic rings. The zero-order valence-electron chi connectivity index (χ0n) is 19.6. The third kappa shape index (κ3) is 7.89. The van der Waals surface area contributed by atoms with Crippen molar-refractivity contribution in [3.05, 3.63) is 29.3 Å². The Kier molecular flexibility index (Phi) is 8.53. The maximum atomic E-state index is 10.2. The molecule has 166 valence electrons. The smallest absolute Gasteiger partial charge is 0.123 e. The second-order valence-corrected chi connectivity index (χ2v) is 10.4. The summed E-state index contributed by atoms with van der Waals surface area (Å²) in [5, 5.41) is 10.2. The molecule has 0 bridgehead atoms. The molecule has 1 aliphatic heterocycles. The standard InChI is InChI=1S/C24H42N2O3/c1-23(2,3)19-8-9-22(21(16-19)24(4,5)6)29-15-14-28-18-20(27)17-26-12-10-25(7)11-13-26/h8-9,16,20,27H,10-15,17-18H2,1-7H3/t20-/m1/s1. The van der Waals surface area contributed by atoms with E-state index in [2.05, 4.69) is 76.6 Å². The fourth-order valence-corrected chi connectivity index (χ4v) is 3.52. The Bertz CT molecular complexity index is 626. The molecule has 1 fully saturated rings. The summed E-state index contributed by atoms with van der Waals surface area (Å²) in [6, 6.07) is 6.52. The summed E-state index contributed by atoms with van der Waals surface area (Å²) in [5.41, 5.74) is 2.66. The van der Waals surface area contributed by atoms with Crippen molar-refractivity contribution >= 4 is 0 Å². The number of likely N-dealkylation sites (N-methyl/N-ethyl adjacent to an activating group) is 1. The summed E-state index contributed by atoms with van der Waals surface area (Å²) >= 11 is 0. The first-order chi connectivity index (χ1) is 13.5. The van der Waals surface area contributed by atoms with Gasteiger partial charge in [0.25, 0.3) is 0 Å². The Balaban J connectivity index is 1.78. The third-order valence-electron chi connectivity index (χ3n) is 5.51. The van der Waals surface area contributed by atoms with Gasteiger partial charge in [-0.1, -0.05) is 53.7 Å². The molecule has 1 saturated heterocycles. The van der Waals surface area contributed by atoms with Crippen LogP contribution >= 0.6 is 0 Å². The molecule has 5 heteroatoms. The average Bonchev–Trinajstić information content (AvgIpc) is 2.62. The lowest BCUT2D eigenvalue weighted by atomic mass is 9.80. The van der Waals surface area contributed by atoms with Crippen molar-refractivity contribution in [1.82, 2.24) is 9.80 Å². The monoisotopic (exact) mass is 406 g/mol. The van der Waals surface area contributed by atoms with Crippen molar-refractivity contribution in [2.24, 2.45) is 0 Å². The molecule has 0 radical (unpaired) electrons. The van der Waals surface area contributed by atoms with Crippen LogP contribution in [0.2, 0.25) is 0 Å². The number of aliphatic hydroxyl groups excluding tert-OH is 1. The Morgan fingerprint density at radius 3 is 2.21 bits per heavy atom. The van der Waals surface area contributed by atoms with E-state index in [1.54, 1.807) is 0 Å². The summed E-state index contributed by atoms with van der Waals surface area (Å²) < 4.78 is 11.7. The second-order valence-electron chi connectivity index (χ2n) is 10.4. The van der Waals surface area contributed by atoms with Crippen molar-refractivity contribution < 1.29 is 14.6 Å².